The average molecular weight is 200 g/mol. The van der Waals surface area contributed by atoms with Crippen LogP contribution >= 0.6 is 12.2 Å². The number of hydrogen-bond donors (Lipinski definition) is 1. The van der Waals surface area contributed by atoms with E-state index < -0.39 is 17.1 Å². The summed E-state index contributed by atoms with van der Waals surface area (Å²) >= 11 is 4.31. The van der Waals surface area contributed by atoms with Gasteiger partial charge in [-0.15, -0.1) is 0 Å². The topological polar surface area (TPSA) is 29.3 Å². The third-order valence-corrected chi connectivity index (χ3v) is 1.57. The fourth-order valence-electron chi connectivity index (χ4n) is 0.720. The van der Waals surface area contributed by atoms with Crippen molar-refractivity contribution >= 4 is 17.2 Å². The lowest BCUT2D eigenvalue weighted by Gasteiger charge is -2.22. The Balaban J connectivity index is 4.35. The molecular formula is C6H11F3N2S. The van der Waals surface area contributed by atoms with Crippen LogP contribution in [0.15, 0.2) is 0 Å². The first-order valence-corrected chi connectivity index (χ1v) is 3.66. The Morgan fingerprint density at radius 2 is 1.92 bits per heavy atom. The molecule has 0 aliphatic carbocycles. The van der Waals surface area contributed by atoms with Gasteiger partial charge < -0.3 is 10.6 Å². The van der Waals surface area contributed by atoms with Crippen molar-refractivity contribution in [3.8, 4) is 0 Å². The van der Waals surface area contributed by atoms with Crippen molar-refractivity contribution in [2.45, 2.75) is 6.18 Å². The standard InChI is InChI=1S/C6H11F3N2S/c1-11(2)3-4(5(10)12)6(7,8)9/h4H,3H2,1-2H3,(H2,10,12). The molecule has 0 amide bonds. The number of halogens is 3. The summed E-state index contributed by atoms with van der Waals surface area (Å²) in [4.78, 5) is 0.897. The predicted molar refractivity (Wildman–Crippen MR) is 44.9 cm³/mol. The van der Waals surface area contributed by atoms with E-state index in [0.717, 1.165) is 0 Å². The minimum absolute atomic E-state index is 0.196. The van der Waals surface area contributed by atoms with E-state index in [-0.39, 0.29) is 6.54 Å². The Labute approximate surface area is 74.5 Å². The Hall–Kier alpha value is -0.360. The van der Waals surface area contributed by atoms with Gasteiger partial charge in [-0.3, -0.25) is 0 Å². The van der Waals surface area contributed by atoms with Crippen LogP contribution in [0.3, 0.4) is 0 Å². The first-order chi connectivity index (χ1) is 5.25. The van der Waals surface area contributed by atoms with Gasteiger partial charge in [0.1, 0.15) is 5.92 Å². The highest BCUT2D eigenvalue weighted by Gasteiger charge is 2.41. The number of thiocarbonyl (C=S) groups is 1. The van der Waals surface area contributed by atoms with Crippen LogP contribution in [0.1, 0.15) is 0 Å². The summed E-state index contributed by atoms with van der Waals surface area (Å²) in [6.45, 7) is -0.196. The lowest BCUT2D eigenvalue weighted by molar-refractivity contribution is -0.157. The maximum absolute atomic E-state index is 12.1. The molecule has 0 radical (unpaired) electrons. The number of alkyl halides is 3. The molecule has 6 heteroatoms. The lowest BCUT2D eigenvalue weighted by atomic mass is 10.1. The highest BCUT2D eigenvalue weighted by Crippen LogP contribution is 2.26. The monoisotopic (exact) mass is 200 g/mol. The molecule has 0 rings (SSSR count). The first kappa shape index (κ1) is 11.6. The van der Waals surface area contributed by atoms with Crippen molar-refractivity contribution in [1.82, 2.24) is 4.90 Å². The Kier molecular flexibility index (Phi) is 3.92. The fraction of sp³-hybridized carbons (Fsp3) is 0.833. The van der Waals surface area contributed by atoms with Crippen molar-refractivity contribution in [2.24, 2.45) is 11.7 Å². The lowest BCUT2D eigenvalue weighted by Crippen LogP contribution is -2.41. The van der Waals surface area contributed by atoms with Crippen LogP contribution in [0.5, 0.6) is 0 Å². The summed E-state index contributed by atoms with van der Waals surface area (Å²) in [6.07, 6.45) is -4.34. The van der Waals surface area contributed by atoms with Crippen molar-refractivity contribution < 1.29 is 13.2 Å². The molecule has 0 bridgehead atoms. The van der Waals surface area contributed by atoms with Gasteiger partial charge in [-0.2, -0.15) is 13.2 Å². The minimum Gasteiger partial charge on any atom is -0.393 e. The van der Waals surface area contributed by atoms with E-state index in [1.165, 1.54) is 19.0 Å². The van der Waals surface area contributed by atoms with Crippen molar-refractivity contribution in [3.63, 3.8) is 0 Å². The van der Waals surface area contributed by atoms with Gasteiger partial charge in [-0.1, -0.05) is 12.2 Å². The van der Waals surface area contributed by atoms with Gasteiger partial charge in [-0.25, -0.2) is 0 Å². The fourth-order valence-corrected chi connectivity index (χ4v) is 0.928. The van der Waals surface area contributed by atoms with Crippen LogP contribution < -0.4 is 5.73 Å². The largest absolute Gasteiger partial charge is 0.399 e. The van der Waals surface area contributed by atoms with Crippen LogP contribution in [-0.2, 0) is 0 Å². The minimum atomic E-state index is -4.34. The van der Waals surface area contributed by atoms with Gasteiger partial charge in [0.05, 0.1) is 4.99 Å². The third-order valence-electron chi connectivity index (χ3n) is 1.29. The summed E-state index contributed by atoms with van der Waals surface area (Å²) in [5.74, 6) is -1.71. The van der Waals surface area contributed by atoms with E-state index in [2.05, 4.69) is 12.2 Å². The molecular weight excluding hydrogens is 189 g/mol. The van der Waals surface area contributed by atoms with Crippen LogP contribution in [0.25, 0.3) is 0 Å². The van der Waals surface area contributed by atoms with E-state index in [1.54, 1.807) is 0 Å². The summed E-state index contributed by atoms with van der Waals surface area (Å²) in [5, 5.41) is 0. The van der Waals surface area contributed by atoms with Gasteiger partial charge in [0.25, 0.3) is 0 Å². The Morgan fingerprint density at radius 3 is 2.00 bits per heavy atom. The molecule has 0 saturated heterocycles. The molecule has 0 saturated carbocycles. The van der Waals surface area contributed by atoms with Gasteiger partial charge in [-0.05, 0) is 14.1 Å². The summed E-state index contributed by atoms with van der Waals surface area (Å²) in [6, 6.07) is 0. The van der Waals surface area contributed by atoms with Crippen molar-refractivity contribution in [1.29, 1.82) is 0 Å². The Morgan fingerprint density at radius 1 is 1.50 bits per heavy atom. The summed E-state index contributed by atoms with van der Waals surface area (Å²) < 4.78 is 36.4. The Bertz CT molecular complexity index is 167. The van der Waals surface area contributed by atoms with E-state index in [0.29, 0.717) is 0 Å². The zero-order chi connectivity index (χ0) is 9.94. The number of nitrogens with zero attached hydrogens (tertiary/aromatic N) is 1. The number of hydrogen-bond acceptors (Lipinski definition) is 2. The normalized spacial score (nSPS) is 14.8. The van der Waals surface area contributed by atoms with Gasteiger partial charge >= 0.3 is 6.18 Å². The summed E-state index contributed by atoms with van der Waals surface area (Å²) in [7, 11) is 3.08. The van der Waals surface area contributed by atoms with Gasteiger partial charge in [0.2, 0.25) is 0 Å². The molecule has 2 nitrogen and oxygen atoms in total. The van der Waals surface area contributed by atoms with Crippen LogP contribution in [0.4, 0.5) is 13.2 Å². The molecule has 0 aromatic rings. The average Bonchev–Trinajstić information content (AvgIpc) is 1.79. The molecule has 1 atom stereocenters. The molecule has 72 valence electrons. The molecule has 0 heterocycles. The smallest absolute Gasteiger partial charge is 0.393 e. The zero-order valence-corrected chi connectivity index (χ0v) is 7.67. The second-order valence-electron chi connectivity index (χ2n) is 2.76. The van der Waals surface area contributed by atoms with E-state index in [4.69, 9.17) is 5.73 Å². The van der Waals surface area contributed by atoms with Crippen molar-refractivity contribution in [2.75, 3.05) is 20.6 Å². The molecule has 0 aromatic heterocycles. The molecule has 12 heavy (non-hydrogen) atoms. The van der Waals surface area contributed by atoms with Crippen LogP contribution in [0.2, 0.25) is 0 Å². The van der Waals surface area contributed by atoms with Gasteiger partial charge in [0, 0.05) is 6.54 Å². The quantitative estimate of drug-likeness (QED) is 0.689. The highest BCUT2D eigenvalue weighted by atomic mass is 32.1. The highest BCUT2D eigenvalue weighted by molar-refractivity contribution is 7.80. The second-order valence-corrected chi connectivity index (χ2v) is 3.23. The van der Waals surface area contributed by atoms with E-state index in [9.17, 15) is 13.2 Å². The third kappa shape index (κ3) is 3.87. The maximum Gasteiger partial charge on any atom is 0.399 e. The second kappa shape index (κ2) is 4.04. The molecule has 2 N–H and O–H groups in total. The summed E-state index contributed by atoms with van der Waals surface area (Å²) in [5.41, 5.74) is 4.96. The SMILES string of the molecule is CN(C)CC(C(N)=S)C(F)(F)F. The number of nitrogens with two attached hydrogens (primary N) is 1. The number of rotatable bonds is 3. The van der Waals surface area contributed by atoms with Crippen molar-refractivity contribution in [3.05, 3.63) is 0 Å². The molecule has 0 aromatic carbocycles. The van der Waals surface area contributed by atoms with Gasteiger partial charge in [0.15, 0.2) is 0 Å². The molecule has 0 fully saturated rings. The first-order valence-electron chi connectivity index (χ1n) is 3.26. The molecule has 0 spiro atoms. The molecule has 1 unspecified atom stereocenters. The van der Waals surface area contributed by atoms with E-state index in [1.807, 2.05) is 0 Å². The van der Waals surface area contributed by atoms with Crippen LogP contribution in [0, 0.1) is 5.92 Å². The molecule has 0 aliphatic heterocycles. The van der Waals surface area contributed by atoms with E-state index >= 15 is 0 Å². The zero-order valence-electron chi connectivity index (χ0n) is 6.85. The van der Waals surface area contributed by atoms with Crippen LogP contribution in [-0.4, -0.2) is 36.7 Å². The maximum atomic E-state index is 12.1. The molecule has 0 aliphatic rings. The predicted octanol–water partition coefficient (Wildman–Crippen LogP) is 1.01.